The zero-order chi connectivity index (χ0) is 22.5. The Morgan fingerprint density at radius 3 is 2.66 bits per heavy atom. The monoisotopic (exact) mass is 449 g/mol. The van der Waals surface area contributed by atoms with Crippen LogP contribution in [0, 0.1) is 12.8 Å². The van der Waals surface area contributed by atoms with Gasteiger partial charge in [-0.1, -0.05) is 43.4 Å². The number of benzene rings is 1. The van der Waals surface area contributed by atoms with E-state index in [1.807, 2.05) is 0 Å². The van der Waals surface area contributed by atoms with E-state index >= 15 is 0 Å². The quantitative estimate of drug-likeness (QED) is 0.654. The molecule has 0 spiro atoms. The summed E-state index contributed by atoms with van der Waals surface area (Å²) in [6.45, 7) is 6.26. The van der Waals surface area contributed by atoms with Crippen LogP contribution in [-0.2, 0) is 9.59 Å². The number of rotatable bonds is 2. The van der Waals surface area contributed by atoms with E-state index in [2.05, 4.69) is 72.6 Å². The lowest BCUT2D eigenvalue weighted by Gasteiger charge is -2.32. The Morgan fingerprint density at radius 2 is 1.91 bits per heavy atom. The fraction of sp³-hybridized carbons (Fsp3) is 0.423. The first-order valence-corrected chi connectivity index (χ1v) is 12.3. The minimum absolute atomic E-state index is 0.107. The summed E-state index contributed by atoms with van der Waals surface area (Å²) in [6, 6.07) is 6.27. The third-order valence-electron chi connectivity index (χ3n) is 6.24. The number of hydrogen-bond donors (Lipinski definition) is 1. The van der Waals surface area contributed by atoms with Crippen molar-refractivity contribution in [2.24, 2.45) is 5.92 Å². The van der Waals surface area contributed by atoms with Crippen molar-refractivity contribution in [1.29, 1.82) is 0 Å². The highest BCUT2D eigenvalue weighted by Crippen LogP contribution is 2.30. The third kappa shape index (κ3) is 5.61. The number of aryl methyl sites for hydroxylation is 1. The Bertz CT molecular complexity index is 1070. The van der Waals surface area contributed by atoms with Gasteiger partial charge in [-0.2, -0.15) is 0 Å². The van der Waals surface area contributed by atoms with E-state index in [0.717, 1.165) is 55.2 Å². The molecular formula is C26H31N3O2S. The fourth-order valence-electron chi connectivity index (χ4n) is 4.24. The van der Waals surface area contributed by atoms with Crippen LogP contribution in [0.5, 0.6) is 0 Å². The molecule has 1 N–H and O–H groups in total. The Kier molecular flexibility index (Phi) is 7.33. The van der Waals surface area contributed by atoms with E-state index in [0.29, 0.717) is 6.42 Å². The summed E-state index contributed by atoms with van der Waals surface area (Å²) in [4.78, 5) is 29.3. The maximum atomic E-state index is 11.4. The molecule has 3 aliphatic rings. The third-order valence-corrected chi connectivity index (χ3v) is 7.34. The van der Waals surface area contributed by atoms with Gasteiger partial charge in [-0.15, -0.1) is 11.3 Å². The van der Waals surface area contributed by atoms with Crippen LogP contribution in [0.2, 0.25) is 0 Å². The van der Waals surface area contributed by atoms with Crippen LogP contribution in [-0.4, -0.2) is 40.8 Å². The molecule has 2 amide bonds. The number of carbonyl (C=O) groups excluding carboxylic acids is 2. The molecule has 0 saturated carbocycles. The van der Waals surface area contributed by atoms with Crippen molar-refractivity contribution in [3.63, 3.8) is 0 Å². The van der Waals surface area contributed by atoms with Gasteiger partial charge in [0.25, 0.3) is 0 Å². The van der Waals surface area contributed by atoms with E-state index in [9.17, 15) is 9.59 Å². The van der Waals surface area contributed by atoms with Gasteiger partial charge in [0.05, 0.1) is 22.7 Å². The molecule has 1 aromatic carbocycles. The molecule has 2 fully saturated rings. The second kappa shape index (κ2) is 10.4. The fourth-order valence-corrected chi connectivity index (χ4v) is 5.36. The smallest absolute Gasteiger partial charge is 0.244 e. The maximum absolute atomic E-state index is 11.4. The van der Waals surface area contributed by atoms with Gasteiger partial charge in [-0.3, -0.25) is 19.8 Å². The topological polar surface area (TPSA) is 62.3 Å². The number of nitrogens with zero attached hydrogens (tertiary/aromatic N) is 2. The van der Waals surface area contributed by atoms with Crippen LogP contribution in [0.15, 0.2) is 48.6 Å². The minimum atomic E-state index is -0.185. The van der Waals surface area contributed by atoms with Gasteiger partial charge in [-0.25, -0.2) is 4.98 Å². The van der Waals surface area contributed by atoms with E-state index in [-0.39, 0.29) is 17.9 Å². The van der Waals surface area contributed by atoms with Crippen LogP contribution in [0.4, 0.5) is 0 Å². The molecule has 1 aromatic heterocycles. The van der Waals surface area contributed by atoms with Gasteiger partial charge in [0.1, 0.15) is 5.01 Å². The van der Waals surface area contributed by atoms with Crippen molar-refractivity contribution in [1.82, 2.24) is 15.2 Å². The van der Waals surface area contributed by atoms with Crippen LogP contribution in [0.1, 0.15) is 49.6 Å². The minimum Gasteiger partial charge on any atom is -0.295 e. The first kappa shape index (κ1) is 22.6. The van der Waals surface area contributed by atoms with Gasteiger partial charge in [0, 0.05) is 0 Å². The number of carbonyl (C=O) groups is 2. The van der Waals surface area contributed by atoms with Gasteiger partial charge < -0.3 is 0 Å². The predicted molar refractivity (Wildman–Crippen MR) is 131 cm³/mol. The van der Waals surface area contributed by atoms with Crippen molar-refractivity contribution in [2.75, 3.05) is 13.1 Å². The highest BCUT2D eigenvalue weighted by atomic mass is 32.1. The Balaban J connectivity index is 0.000000158. The highest BCUT2D eigenvalue weighted by Gasteiger charge is 2.36. The summed E-state index contributed by atoms with van der Waals surface area (Å²) < 4.78 is 1.28. The molecular weight excluding hydrogens is 418 g/mol. The van der Waals surface area contributed by atoms with E-state index in [1.165, 1.54) is 15.8 Å². The molecule has 0 radical (unpaired) electrons. The van der Waals surface area contributed by atoms with Crippen molar-refractivity contribution in [3.05, 3.63) is 59.2 Å². The van der Waals surface area contributed by atoms with Gasteiger partial charge >= 0.3 is 0 Å². The first-order valence-electron chi connectivity index (χ1n) is 11.5. The molecule has 2 saturated heterocycles. The summed E-state index contributed by atoms with van der Waals surface area (Å²) >= 11 is 1.80. The Hall–Kier alpha value is -2.57. The Labute approximate surface area is 193 Å². The molecule has 1 atom stereocenters. The van der Waals surface area contributed by atoms with Crippen LogP contribution in [0.3, 0.4) is 0 Å². The number of amides is 2. The molecule has 6 heteroatoms. The number of fused-ring (bicyclic) bond motifs is 1. The summed E-state index contributed by atoms with van der Waals surface area (Å²) in [6.07, 6.45) is 15.5. The molecule has 5 nitrogen and oxygen atoms in total. The number of nitrogens with one attached hydrogen (secondary N) is 1. The van der Waals surface area contributed by atoms with Gasteiger partial charge in [-0.05, 0) is 74.9 Å². The second-order valence-corrected chi connectivity index (χ2v) is 9.90. The van der Waals surface area contributed by atoms with Gasteiger partial charge in [0.2, 0.25) is 11.8 Å². The van der Waals surface area contributed by atoms with Crippen molar-refractivity contribution in [3.8, 4) is 0 Å². The normalized spacial score (nSPS) is 24.8. The van der Waals surface area contributed by atoms with Crippen molar-refractivity contribution in [2.45, 2.75) is 52.0 Å². The second-order valence-electron chi connectivity index (χ2n) is 8.87. The number of aromatic nitrogens is 1. The molecule has 3 heterocycles. The molecule has 168 valence electrons. The summed E-state index contributed by atoms with van der Waals surface area (Å²) in [5.41, 5.74) is 3.75. The molecule has 2 aliphatic heterocycles. The lowest BCUT2D eigenvalue weighted by Crippen LogP contribution is -2.44. The maximum Gasteiger partial charge on any atom is 0.244 e. The Morgan fingerprint density at radius 1 is 1.12 bits per heavy atom. The van der Waals surface area contributed by atoms with Crippen LogP contribution < -0.4 is 5.32 Å². The average Bonchev–Trinajstić information content (AvgIpc) is 3.31. The predicted octanol–water partition coefficient (Wildman–Crippen LogP) is 5.03. The van der Waals surface area contributed by atoms with E-state index in [1.54, 1.807) is 11.3 Å². The zero-order valence-electron chi connectivity index (χ0n) is 18.8. The number of piperidine rings is 1. The average molecular weight is 450 g/mol. The molecule has 1 aliphatic carbocycles. The highest BCUT2D eigenvalue weighted by molar-refractivity contribution is 7.19. The largest absolute Gasteiger partial charge is 0.295 e. The molecule has 32 heavy (non-hydrogen) atoms. The summed E-state index contributed by atoms with van der Waals surface area (Å²) in [5, 5.41) is 3.52. The van der Waals surface area contributed by atoms with Gasteiger partial charge in [0.15, 0.2) is 0 Å². The standard InChI is InChI=1S/C16H15NS.C10H16N2O2/c1-12-9-10-14-15(11-12)18-16(17-14)13-7-5-3-2-4-6-8-13;1-7-2-4-12(5-3-7)8-6-9(13)11-10(8)14/h2-5,8-11H,6-7H2,1H3;7-8H,2-6H2,1H3,(H,11,13,14)/b4-2-,5-3?,13-8+;. The van der Waals surface area contributed by atoms with Crippen LogP contribution in [0.25, 0.3) is 15.8 Å². The number of likely N-dealkylation sites (tertiary alicyclic amines) is 1. The molecule has 1 unspecified atom stereocenters. The number of hydrogen-bond acceptors (Lipinski definition) is 5. The first-order chi connectivity index (χ1) is 15.5. The van der Waals surface area contributed by atoms with Crippen molar-refractivity contribution < 1.29 is 9.59 Å². The number of imide groups is 1. The van der Waals surface area contributed by atoms with Crippen molar-refractivity contribution >= 4 is 38.9 Å². The molecule has 2 aromatic rings. The SMILES string of the molecule is CC1CCN(C2CC(=O)NC2=O)CC1.Cc1ccc2nc(/C3=C/C/C=C\C=CC3)sc2c1. The lowest BCUT2D eigenvalue weighted by molar-refractivity contribution is -0.126. The van der Waals surface area contributed by atoms with Crippen LogP contribution >= 0.6 is 11.3 Å². The number of allylic oxidation sites excluding steroid dienone is 6. The summed E-state index contributed by atoms with van der Waals surface area (Å²) in [7, 11) is 0. The van der Waals surface area contributed by atoms with E-state index in [4.69, 9.17) is 4.98 Å². The molecule has 0 bridgehead atoms. The lowest BCUT2D eigenvalue weighted by atomic mass is 9.97. The zero-order valence-corrected chi connectivity index (χ0v) is 19.7. The summed E-state index contributed by atoms with van der Waals surface area (Å²) in [5.74, 6) is 0.523. The molecule has 5 rings (SSSR count). The number of thiazole rings is 1. The van der Waals surface area contributed by atoms with E-state index < -0.39 is 0 Å².